The molecule has 0 atom stereocenters. The van der Waals surface area contributed by atoms with Crippen molar-refractivity contribution in [3.05, 3.63) is 188 Å². The Morgan fingerprint density at radius 3 is 1.76 bits per heavy atom. The second-order valence-corrected chi connectivity index (χ2v) is 14.4. The molecule has 0 aliphatic heterocycles. The Morgan fingerprint density at radius 1 is 0.491 bits per heavy atom. The third-order valence-electron chi connectivity index (χ3n) is 11.1. The summed E-state index contributed by atoms with van der Waals surface area (Å²) in [5.41, 5.74) is 11.0. The summed E-state index contributed by atoms with van der Waals surface area (Å²) in [6.45, 7) is 0. The quantitative estimate of drug-likeness (QED) is 0.168. The third kappa shape index (κ3) is 5.25. The summed E-state index contributed by atoms with van der Waals surface area (Å²) >= 11 is 0. The van der Waals surface area contributed by atoms with Gasteiger partial charge in [0.25, 0.3) is 0 Å². The van der Waals surface area contributed by atoms with Gasteiger partial charge in [0.1, 0.15) is 17.7 Å². The van der Waals surface area contributed by atoms with E-state index in [-0.39, 0.29) is 0 Å². The number of hydrogen-bond acceptors (Lipinski definition) is 3. The summed E-state index contributed by atoms with van der Waals surface area (Å²) in [7, 11) is 0. The standard InChI is InChI=1S/C51H34N4/c1-2-12-36(13-3-1)51-54-50-47(31-52-32-53-50)55(51)42-25-22-35(23-26-42)39-24-27-45-46(30-39)49(41-21-19-34-11-5-7-15-38(34)29-41)44-17-9-8-16-43(44)48(45)40-20-18-33-10-4-6-14-37(33)28-40/h2,4-32H,1,3H2. The number of imidazole rings is 1. The molecule has 0 saturated heterocycles. The van der Waals surface area contributed by atoms with Gasteiger partial charge in [-0.15, -0.1) is 0 Å². The van der Waals surface area contributed by atoms with Gasteiger partial charge in [-0.25, -0.2) is 15.0 Å². The maximum Gasteiger partial charge on any atom is 0.181 e. The van der Waals surface area contributed by atoms with Crippen LogP contribution >= 0.6 is 0 Å². The zero-order valence-electron chi connectivity index (χ0n) is 30.0. The molecule has 4 heteroatoms. The van der Waals surface area contributed by atoms with E-state index in [4.69, 9.17) is 4.98 Å². The molecule has 0 unspecified atom stereocenters. The number of benzene rings is 8. The van der Waals surface area contributed by atoms with Crippen LogP contribution < -0.4 is 0 Å². The molecule has 0 saturated carbocycles. The zero-order valence-corrected chi connectivity index (χ0v) is 30.0. The van der Waals surface area contributed by atoms with Gasteiger partial charge in [0.2, 0.25) is 0 Å². The molecule has 2 aromatic heterocycles. The molecule has 0 radical (unpaired) electrons. The van der Waals surface area contributed by atoms with Gasteiger partial charge in [-0.1, -0.05) is 140 Å². The molecule has 258 valence electrons. The van der Waals surface area contributed by atoms with E-state index < -0.39 is 0 Å². The Labute approximate surface area is 318 Å². The van der Waals surface area contributed by atoms with E-state index >= 15 is 0 Å². The first-order chi connectivity index (χ1) is 27.3. The van der Waals surface area contributed by atoms with Crippen molar-refractivity contribution >= 4 is 59.8 Å². The van der Waals surface area contributed by atoms with Crippen LogP contribution in [0, 0.1) is 0 Å². The molecule has 10 aromatic rings. The lowest BCUT2D eigenvalue weighted by Gasteiger charge is -2.19. The molecule has 1 aliphatic carbocycles. The fraction of sp³-hybridized carbons (Fsp3) is 0.0392. The van der Waals surface area contributed by atoms with Crippen LogP contribution in [0.3, 0.4) is 0 Å². The molecular formula is C51H34N4. The van der Waals surface area contributed by atoms with Crippen molar-refractivity contribution in [1.29, 1.82) is 0 Å². The third-order valence-corrected chi connectivity index (χ3v) is 11.1. The Hall–Kier alpha value is -7.17. The molecule has 0 spiro atoms. The van der Waals surface area contributed by atoms with Gasteiger partial charge in [0, 0.05) is 11.3 Å². The number of rotatable bonds is 5. The van der Waals surface area contributed by atoms with E-state index in [1.54, 1.807) is 6.33 Å². The van der Waals surface area contributed by atoms with Gasteiger partial charge in [-0.2, -0.15) is 0 Å². The maximum absolute atomic E-state index is 4.95. The zero-order chi connectivity index (χ0) is 36.3. The van der Waals surface area contributed by atoms with Crippen LogP contribution in [0.2, 0.25) is 0 Å². The lowest BCUT2D eigenvalue weighted by Crippen LogP contribution is -2.01. The maximum atomic E-state index is 4.95. The molecule has 2 heterocycles. The fourth-order valence-electron chi connectivity index (χ4n) is 8.53. The van der Waals surface area contributed by atoms with Crippen LogP contribution in [0.1, 0.15) is 18.7 Å². The summed E-state index contributed by atoms with van der Waals surface area (Å²) in [5, 5.41) is 9.92. The van der Waals surface area contributed by atoms with Crippen LogP contribution in [0.15, 0.2) is 182 Å². The lowest BCUT2D eigenvalue weighted by atomic mass is 9.84. The summed E-state index contributed by atoms with van der Waals surface area (Å²) in [6, 6.07) is 55.8. The molecule has 55 heavy (non-hydrogen) atoms. The molecule has 11 rings (SSSR count). The number of aromatic nitrogens is 4. The van der Waals surface area contributed by atoms with Crippen LogP contribution in [0.5, 0.6) is 0 Å². The van der Waals surface area contributed by atoms with Gasteiger partial charge >= 0.3 is 0 Å². The van der Waals surface area contributed by atoms with E-state index in [9.17, 15) is 0 Å². The molecule has 1 aliphatic rings. The molecule has 8 aromatic carbocycles. The minimum atomic E-state index is 0.694. The van der Waals surface area contributed by atoms with Crippen molar-refractivity contribution in [2.45, 2.75) is 12.8 Å². The molecule has 4 nitrogen and oxygen atoms in total. The first kappa shape index (κ1) is 31.4. The average molecular weight is 703 g/mol. The van der Waals surface area contributed by atoms with Crippen molar-refractivity contribution < 1.29 is 0 Å². The SMILES string of the molecule is C1=CC(c2nc3ncncc3n2-c2ccc(-c3ccc4c(-c5ccc6ccccc6c5)c5ccccc5c(-c5ccc6ccccc6c5)c4c3)cc2)=CCC1. The molecular weight excluding hydrogens is 669 g/mol. The number of nitrogens with zero attached hydrogens (tertiary/aromatic N) is 4. The van der Waals surface area contributed by atoms with E-state index in [2.05, 4.69) is 184 Å². The Morgan fingerprint density at radius 2 is 1.09 bits per heavy atom. The van der Waals surface area contributed by atoms with E-state index in [1.165, 1.54) is 65.3 Å². The largest absolute Gasteiger partial charge is 0.289 e. The van der Waals surface area contributed by atoms with Crippen molar-refractivity contribution in [2.75, 3.05) is 0 Å². The van der Waals surface area contributed by atoms with Gasteiger partial charge in [-0.05, 0) is 120 Å². The van der Waals surface area contributed by atoms with Gasteiger partial charge in [0.15, 0.2) is 5.65 Å². The molecule has 0 fully saturated rings. The number of fused-ring (bicyclic) bond motifs is 5. The fourth-order valence-corrected chi connectivity index (χ4v) is 8.53. The lowest BCUT2D eigenvalue weighted by molar-refractivity contribution is 1.01. The summed E-state index contributed by atoms with van der Waals surface area (Å²) in [6.07, 6.45) is 12.1. The Kier molecular flexibility index (Phi) is 7.27. The van der Waals surface area contributed by atoms with Crippen LogP contribution in [-0.4, -0.2) is 19.5 Å². The van der Waals surface area contributed by atoms with Crippen molar-refractivity contribution in [1.82, 2.24) is 19.5 Å². The highest BCUT2D eigenvalue weighted by atomic mass is 15.1. The highest BCUT2D eigenvalue weighted by Crippen LogP contribution is 2.46. The second kappa shape index (κ2) is 12.8. The smallest absolute Gasteiger partial charge is 0.181 e. The van der Waals surface area contributed by atoms with Crippen molar-refractivity contribution in [3.63, 3.8) is 0 Å². The van der Waals surface area contributed by atoms with Crippen molar-refractivity contribution in [3.8, 4) is 39.1 Å². The first-order valence-corrected chi connectivity index (χ1v) is 18.9. The van der Waals surface area contributed by atoms with E-state index in [0.29, 0.717) is 5.65 Å². The second-order valence-electron chi connectivity index (χ2n) is 14.4. The van der Waals surface area contributed by atoms with Crippen LogP contribution in [0.4, 0.5) is 0 Å². The van der Waals surface area contributed by atoms with Gasteiger partial charge < -0.3 is 0 Å². The highest BCUT2D eigenvalue weighted by Gasteiger charge is 2.20. The van der Waals surface area contributed by atoms with Gasteiger partial charge in [0.05, 0.1) is 6.20 Å². The number of allylic oxidation sites excluding steroid dienone is 4. The van der Waals surface area contributed by atoms with Crippen LogP contribution in [-0.2, 0) is 0 Å². The first-order valence-electron chi connectivity index (χ1n) is 18.9. The predicted molar refractivity (Wildman–Crippen MR) is 229 cm³/mol. The Balaban J connectivity index is 1.13. The average Bonchev–Trinajstić information content (AvgIpc) is 3.65. The topological polar surface area (TPSA) is 43.6 Å². The number of hydrogen-bond donors (Lipinski definition) is 0. The van der Waals surface area contributed by atoms with E-state index in [0.717, 1.165) is 46.6 Å². The molecule has 0 N–H and O–H groups in total. The summed E-state index contributed by atoms with van der Waals surface area (Å²) in [4.78, 5) is 13.8. The monoisotopic (exact) mass is 702 g/mol. The summed E-state index contributed by atoms with van der Waals surface area (Å²) < 4.78 is 2.18. The van der Waals surface area contributed by atoms with E-state index in [1.807, 2.05) is 6.20 Å². The molecule has 0 amide bonds. The predicted octanol–water partition coefficient (Wildman–Crippen LogP) is 13.2. The molecule has 0 bridgehead atoms. The normalized spacial score (nSPS) is 13.0. The van der Waals surface area contributed by atoms with Crippen LogP contribution in [0.25, 0.3) is 98.9 Å². The minimum Gasteiger partial charge on any atom is -0.289 e. The Bertz CT molecular complexity index is 3200. The minimum absolute atomic E-state index is 0.694. The summed E-state index contributed by atoms with van der Waals surface area (Å²) in [5.74, 6) is 0.887. The van der Waals surface area contributed by atoms with Gasteiger partial charge in [-0.3, -0.25) is 4.57 Å². The highest BCUT2D eigenvalue weighted by molar-refractivity contribution is 6.22. The van der Waals surface area contributed by atoms with Crippen molar-refractivity contribution in [2.24, 2.45) is 0 Å².